The maximum atomic E-state index is 9.26. The van der Waals surface area contributed by atoms with Crippen molar-refractivity contribution in [3.8, 4) is 11.5 Å². The second-order valence-corrected chi connectivity index (χ2v) is 8.18. The Morgan fingerprint density at radius 3 is 2.32 bits per heavy atom. The minimum atomic E-state index is -1.37. The zero-order valence-corrected chi connectivity index (χ0v) is 17.0. The van der Waals surface area contributed by atoms with Crippen LogP contribution in [-0.4, -0.2) is 16.5 Å². The van der Waals surface area contributed by atoms with Crippen molar-refractivity contribution in [2.45, 2.75) is 76.9 Å². The van der Waals surface area contributed by atoms with Gasteiger partial charge in [-0.1, -0.05) is 62.9 Å². The van der Waals surface area contributed by atoms with Crippen molar-refractivity contribution >= 4 is 0 Å². The molecule has 0 amide bonds. The van der Waals surface area contributed by atoms with Crippen molar-refractivity contribution in [1.29, 1.82) is 0 Å². The van der Waals surface area contributed by atoms with E-state index in [1.54, 1.807) is 0 Å². The van der Waals surface area contributed by atoms with Crippen LogP contribution in [0.5, 0.6) is 11.5 Å². The van der Waals surface area contributed by atoms with Crippen LogP contribution in [0.1, 0.15) is 75.3 Å². The van der Waals surface area contributed by atoms with Gasteiger partial charge in [0.25, 0.3) is 0 Å². The minimum absolute atomic E-state index is 0.162. The Hall–Kier alpha value is -1.84. The first-order valence-electron chi connectivity index (χ1n) is 10.9. The number of aliphatic hydroxyl groups excluding tert-OH is 1. The number of para-hydroxylation sites is 1. The lowest BCUT2D eigenvalue weighted by molar-refractivity contribution is -0.0384. The molecule has 1 aliphatic carbocycles. The molecule has 2 aromatic rings. The van der Waals surface area contributed by atoms with Crippen molar-refractivity contribution in [2.24, 2.45) is 5.92 Å². The lowest BCUT2D eigenvalue weighted by Crippen LogP contribution is -2.13. The van der Waals surface area contributed by atoms with Crippen LogP contribution in [0.3, 0.4) is 0 Å². The highest BCUT2D eigenvalue weighted by atomic mass is 16.5. The number of hydrogen-bond acceptors (Lipinski definition) is 3. The van der Waals surface area contributed by atoms with Gasteiger partial charge in [-0.25, -0.2) is 0 Å². The Morgan fingerprint density at radius 2 is 1.64 bits per heavy atom. The fraction of sp³-hybridized carbons (Fsp3) is 0.520. The first kappa shape index (κ1) is 20.9. The van der Waals surface area contributed by atoms with Crippen LogP contribution in [0.15, 0.2) is 48.5 Å². The van der Waals surface area contributed by atoms with E-state index in [1.807, 2.05) is 36.4 Å². The van der Waals surface area contributed by atoms with Crippen molar-refractivity contribution in [1.82, 2.24) is 0 Å². The third-order valence-corrected chi connectivity index (χ3v) is 6.02. The Labute approximate surface area is 169 Å². The fourth-order valence-electron chi connectivity index (χ4n) is 4.37. The third-order valence-electron chi connectivity index (χ3n) is 6.02. The molecule has 0 heterocycles. The summed E-state index contributed by atoms with van der Waals surface area (Å²) in [7, 11) is 0. The monoisotopic (exact) mass is 382 g/mol. The second kappa shape index (κ2) is 10.6. The topological polar surface area (TPSA) is 49.7 Å². The Bertz CT molecular complexity index is 700. The molecule has 0 aliphatic heterocycles. The lowest BCUT2D eigenvalue weighted by atomic mass is 9.77. The van der Waals surface area contributed by atoms with Crippen LogP contribution in [0.2, 0.25) is 0 Å². The predicted molar refractivity (Wildman–Crippen MR) is 114 cm³/mol. The van der Waals surface area contributed by atoms with E-state index >= 15 is 0 Å². The van der Waals surface area contributed by atoms with E-state index in [1.165, 1.54) is 56.9 Å². The van der Waals surface area contributed by atoms with Crippen LogP contribution in [0, 0.1) is 5.92 Å². The van der Waals surface area contributed by atoms with Gasteiger partial charge in [0.2, 0.25) is 0 Å². The summed E-state index contributed by atoms with van der Waals surface area (Å²) in [6.07, 6.45) is 9.62. The normalized spacial score (nSPS) is 19.7. The van der Waals surface area contributed by atoms with Gasteiger partial charge in [-0.05, 0) is 66.8 Å². The molecule has 3 rings (SSSR count). The number of hydrogen-bond donors (Lipinski definition) is 2. The summed E-state index contributed by atoms with van der Waals surface area (Å²) in [6, 6.07) is 16.0. The van der Waals surface area contributed by atoms with E-state index in [4.69, 9.17) is 4.74 Å². The molecule has 28 heavy (non-hydrogen) atoms. The highest BCUT2D eigenvalue weighted by Gasteiger charge is 2.22. The molecular weight excluding hydrogens is 348 g/mol. The lowest BCUT2D eigenvalue weighted by Gasteiger charge is -2.29. The summed E-state index contributed by atoms with van der Waals surface area (Å²) in [4.78, 5) is 0. The largest absolute Gasteiger partial charge is 0.457 e. The SMILES string of the molecule is CCCCCC1CCC(c2ccc(Oc3ccccc3CC(O)O)cc2)CC1. The standard InChI is InChI=1S/C25H34O3/c1-2-3-4-7-19-10-12-20(13-11-19)21-14-16-23(17-15-21)28-24-9-6-5-8-22(24)18-25(26)27/h5-6,8-9,14-17,19-20,25-27H,2-4,7,10-13,18H2,1H3. The van der Waals surface area contributed by atoms with Gasteiger partial charge in [0, 0.05) is 6.42 Å². The molecule has 0 aromatic heterocycles. The maximum absolute atomic E-state index is 9.26. The Kier molecular flexibility index (Phi) is 7.93. The van der Waals surface area contributed by atoms with Gasteiger partial charge in [0.1, 0.15) is 11.5 Å². The molecule has 0 atom stereocenters. The molecule has 3 heteroatoms. The van der Waals surface area contributed by atoms with Crippen LogP contribution in [-0.2, 0) is 6.42 Å². The number of rotatable bonds is 9. The van der Waals surface area contributed by atoms with Gasteiger partial charge in [-0.3, -0.25) is 0 Å². The van der Waals surface area contributed by atoms with Gasteiger partial charge >= 0.3 is 0 Å². The average Bonchev–Trinajstić information content (AvgIpc) is 2.70. The molecule has 0 bridgehead atoms. The van der Waals surface area contributed by atoms with Crippen molar-refractivity contribution in [3.63, 3.8) is 0 Å². The quantitative estimate of drug-likeness (QED) is 0.402. The summed E-state index contributed by atoms with van der Waals surface area (Å²) in [6.45, 7) is 2.28. The fourth-order valence-corrected chi connectivity index (χ4v) is 4.37. The maximum Gasteiger partial charge on any atom is 0.155 e. The van der Waals surface area contributed by atoms with Gasteiger partial charge < -0.3 is 14.9 Å². The second-order valence-electron chi connectivity index (χ2n) is 8.18. The molecular formula is C25H34O3. The molecule has 0 unspecified atom stereocenters. The average molecular weight is 383 g/mol. The van der Waals surface area contributed by atoms with E-state index in [9.17, 15) is 10.2 Å². The van der Waals surface area contributed by atoms with Gasteiger partial charge in [-0.15, -0.1) is 0 Å². The van der Waals surface area contributed by atoms with Crippen LogP contribution in [0.4, 0.5) is 0 Å². The van der Waals surface area contributed by atoms with Gasteiger partial charge in [0.05, 0.1) is 0 Å². The number of benzene rings is 2. The molecule has 1 aliphatic rings. The summed E-state index contributed by atoms with van der Waals surface area (Å²) >= 11 is 0. The van der Waals surface area contributed by atoms with Gasteiger partial charge in [-0.2, -0.15) is 0 Å². The van der Waals surface area contributed by atoms with E-state index in [0.717, 1.165) is 17.2 Å². The van der Waals surface area contributed by atoms with Crippen molar-refractivity contribution in [2.75, 3.05) is 0 Å². The molecule has 1 fully saturated rings. The summed E-state index contributed by atoms with van der Waals surface area (Å²) < 4.78 is 6.00. The summed E-state index contributed by atoms with van der Waals surface area (Å²) in [5, 5.41) is 18.5. The van der Waals surface area contributed by atoms with Crippen molar-refractivity contribution < 1.29 is 14.9 Å². The van der Waals surface area contributed by atoms with E-state index in [0.29, 0.717) is 11.7 Å². The van der Waals surface area contributed by atoms with E-state index in [2.05, 4.69) is 19.1 Å². The Morgan fingerprint density at radius 1 is 0.929 bits per heavy atom. The molecule has 2 aromatic carbocycles. The highest BCUT2D eigenvalue weighted by Crippen LogP contribution is 2.38. The number of unbranched alkanes of at least 4 members (excludes halogenated alkanes) is 2. The number of aliphatic hydroxyl groups is 2. The molecule has 0 spiro atoms. The first-order valence-corrected chi connectivity index (χ1v) is 10.9. The van der Waals surface area contributed by atoms with Crippen molar-refractivity contribution in [3.05, 3.63) is 59.7 Å². The third kappa shape index (κ3) is 6.08. The molecule has 3 nitrogen and oxygen atoms in total. The van der Waals surface area contributed by atoms with Crippen LogP contribution < -0.4 is 4.74 Å². The van der Waals surface area contributed by atoms with E-state index in [-0.39, 0.29) is 6.42 Å². The molecule has 0 radical (unpaired) electrons. The molecule has 0 saturated heterocycles. The molecule has 152 valence electrons. The van der Waals surface area contributed by atoms with Crippen LogP contribution >= 0.6 is 0 Å². The number of ether oxygens (including phenoxy) is 1. The van der Waals surface area contributed by atoms with Gasteiger partial charge in [0.15, 0.2) is 6.29 Å². The molecule has 2 N–H and O–H groups in total. The smallest absolute Gasteiger partial charge is 0.155 e. The predicted octanol–water partition coefficient (Wildman–Crippen LogP) is 6.19. The first-order chi connectivity index (χ1) is 13.7. The zero-order chi connectivity index (χ0) is 19.8. The molecule has 1 saturated carbocycles. The summed E-state index contributed by atoms with van der Waals surface area (Å²) in [5.41, 5.74) is 2.21. The Balaban J connectivity index is 1.55. The minimum Gasteiger partial charge on any atom is -0.457 e. The zero-order valence-electron chi connectivity index (χ0n) is 17.0. The summed E-state index contributed by atoms with van der Waals surface area (Å²) in [5.74, 6) is 3.07. The highest BCUT2D eigenvalue weighted by molar-refractivity contribution is 5.39. The van der Waals surface area contributed by atoms with E-state index < -0.39 is 6.29 Å². The van der Waals surface area contributed by atoms with Crippen LogP contribution in [0.25, 0.3) is 0 Å².